The smallest absolute Gasteiger partial charge is 1.00 e. The molecule has 2 aliphatic carbocycles. The van der Waals surface area contributed by atoms with Crippen LogP contribution in [-0.4, -0.2) is 115 Å². The Morgan fingerprint density at radius 1 is 0.547 bits per heavy atom. The van der Waals surface area contributed by atoms with Crippen LogP contribution < -0.4 is 64.8 Å². The van der Waals surface area contributed by atoms with Crippen molar-refractivity contribution in [3.8, 4) is 0 Å². The molecule has 0 fully saturated rings. The number of nitrogens with zero attached hydrogens (tertiary/aromatic N) is 6. The zero-order valence-electron chi connectivity index (χ0n) is 77.1. The van der Waals surface area contributed by atoms with E-state index in [4.69, 9.17) is 99.0 Å². The summed E-state index contributed by atoms with van der Waals surface area (Å²) < 4.78 is 81.2. The number of ketones is 2. The van der Waals surface area contributed by atoms with Crippen LogP contribution in [0.4, 0.5) is 8.78 Å². The van der Waals surface area contributed by atoms with Gasteiger partial charge in [0.1, 0.15) is 6.10 Å². The van der Waals surface area contributed by atoms with Gasteiger partial charge in [-0.3, -0.25) is 52.5 Å². The number of rotatable bonds is 20. The van der Waals surface area contributed by atoms with Gasteiger partial charge in [0.2, 0.25) is 0 Å². The van der Waals surface area contributed by atoms with E-state index in [1.165, 1.54) is 23.9 Å². The van der Waals surface area contributed by atoms with Gasteiger partial charge in [-0.25, -0.2) is 13.2 Å². The Labute approximate surface area is 786 Å². The SMILES string of the molecule is CC(=O)c1cc(Cl)cnc1[C@@H](C)C(C)C.CC(=O)c1cc(Cl)cnc1[C@@H](C)C(C)C.CC(O)c1cc(Cl)cnc1[C@@H](C)C(C)C.CC(OS(C)(=O)=O)c1cc(Cl)cnc1[C@@H](C)C(C)C.CC1C[C@@H](C(C)C)c2ncc(C(=O)O)cc21.CC1C[C@@H](C(C)C)c2ncc(Cl)cc21.CCS(=O)(=O)c1ccc(CN)cc1.ClCCl.[2H]CF.[2H]CF.[B].[H-].[H-].[Na+].[Na+]. The van der Waals surface area contributed by atoms with Crippen LogP contribution in [0.15, 0.2) is 103 Å². The molecule has 17 nitrogen and oxygen atoms in total. The molecule has 2 aliphatic rings. The van der Waals surface area contributed by atoms with E-state index in [0.29, 0.717) is 113 Å². The van der Waals surface area contributed by atoms with Gasteiger partial charge in [0.05, 0.1) is 87.5 Å². The Hall–Kier alpha value is -3.34. The third-order valence-electron chi connectivity index (χ3n) is 19.9. The van der Waals surface area contributed by atoms with Gasteiger partial charge in [0.15, 0.2) is 21.4 Å². The molecule has 0 amide bonds. The summed E-state index contributed by atoms with van der Waals surface area (Å²) in [6.45, 7) is 47.2. The van der Waals surface area contributed by atoms with Gasteiger partial charge in [-0.1, -0.05) is 202 Å². The standard InChI is InChI=1S/C13H20ClNO3S.C13H17NO2.C12H18ClNO.2C12H16ClNO.C12H16ClN.C9H13NO2S.CH2Cl2.2CH3F.B.2Na.2H/c1-8(2)9(3)13-12(6-11(14)7-15-13)10(4)18-19(5,16)17;1-7(2)10-4-8(3)11-5-9(13(15)16)6-14-12(10)11;3*1-7(2)8(3)12-11(9(4)15)5-10(13)6-14-12;1-7(2)10-4-8(3)11-5-9(13)6-14-12(10)11;1-2-13(11,12)9-5-3-8(7-10)4-6-9;2-1-3;2*1-2;;;;;/h6-10H,1-5H3;5-8,10H,4H2,1-3H3,(H,15,16);5-9,15H,1-4H3;2*5-8H,1-4H3;5-8,10H,4H2,1-3H3;3-6H,2,7,10H2,1H3;1H2;2*1H3;;;;;/q;;;;;;;;;;;2*+1;2*-1/t9-,10?;8?,10-;8-,9?;2*8-;8?,10-;;;;;;;;;/m000000........./s1/i;;;;;;;;2*1D;;;;;. The van der Waals surface area contributed by atoms with Crippen LogP contribution in [0.2, 0.25) is 25.1 Å². The molecule has 117 heavy (non-hydrogen) atoms. The van der Waals surface area contributed by atoms with Crippen molar-refractivity contribution in [1.82, 2.24) is 29.9 Å². The number of aliphatic hydroxyl groups excluding tert-OH is 1. The maximum Gasteiger partial charge on any atom is 1.00 e. The van der Waals surface area contributed by atoms with Crippen molar-refractivity contribution in [2.75, 3.05) is 31.7 Å². The number of aromatic carboxylic acids is 1. The van der Waals surface area contributed by atoms with Crippen LogP contribution in [0.3, 0.4) is 0 Å². The molecule has 0 saturated heterocycles. The fraction of sp³-hybridized carbons (Fsp3) is 0.547. The first kappa shape index (κ1) is 116. The maximum atomic E-state index is 11.4. The number of benzene rings is 1. The van der Waals surface area contributed by atoms with Crippen molar-refractivity contribution in [2.45, 2.75) is 243 Å². The Morgan fingerprint density at radius 3 is 1.17 bits per heavy atom. The molecule has 10 atom stereocenters. The summed E-state index contributed by atoms with van der Waals surface area (Å²) in [6.07, 6.45) is 11.9. The van der Waals surface area contributed by atoms with E-state index < -0.39 is 52.4 Å². The second kappa shape index (κ2) is 59.5. The number of aliphatic hydroxyl groups is 1. The zero-order valence-corrected chi connectivity index (χ0v) is 84.1. The summed E-state index contributed by atoms with van der Waals surface area (Å²) in [5.74, 6) is 5.50. The van der Waals surface area contributed by atoms with Crippen LogP contribution >= 0.6 is 81.2 Å². The first-order valence-electron chi connectivity index (χ1n) is 39.2. The van der Waals surface area contributed by atoms with Crippen LogP contribution in [0.1, 0.15) is 330 Å². The quantitative estimate of drug-likeness (QED) is 0.0277. The van der Waals surface area contributed by atoms with E-state index in [1.54, 1.807) is 120 Å². The molecule has 4 unspecified atom stereocenters. The van der Waals surface area contributed by atoms with Crippen molar-refractivity contribution in [2.24, 2.45) is 41.2 Å². The normalized spacial score (nSPS) is 15.8. The number of carboxylic acids is 1. The van der Waals surface area contributed by atoms with Gasteiger partial charge in [-0.05, 0) is 153 Å². The monoisotopic (exact) mass is 1820 g/mol. The number of fused-ring (bicyclic) bond motifs is 2. The number of hydrogen-bond donors (Lipinski definition) is 3. The summed E-state index contributed by atoms with van der Waals surface area (Å²) >= 11 is 39.0. The second-order valence-corrected chi connectivity index (χ2v) is 37.1. The third kappa shape index (κ3) is 40.5. The van der Waals surface area contributed by atoms with Crippen molar-refractivity contribution in [3.05, 3.63) is 202 Å². The number of hydrogen-bond acceptors (Lipinski definition) is 16. The zero-order chi connectivity index (χ0) is 89.7. The van der Waals surface area contributed by atoms with E-state index >= 15 is 0 Å². The number of pyridine rings is 6. The van der Waals surface area contributed by atoms with Crippen molar-refractivity contribution in [1.29, 1.82) is 0 Å². The van der Waals surface area contributed by atoms with Gasteiger partial charge in [-0.15, -0.1) is 23.2 Å². The van der Waals surface area contributed by atoms with Gasteiger partial charge in [0.25, 0.3) is 10.1 Å². The summed E-state index contributed by atoms with van der Waals surface area (Å²) in [5.41, 5.74) is 17.8. The minimum atomic E-state index is -3.52. The molecule has 645 valence electrons. The van der Waals surface area contributed by atoms with Crippen molar-refractivity contribution in [3.63, 3.8) is 0 Å². The van der Waals surface area contributed by atoms with E-state index in [0.717, 1.165) is 68.4 Å². The van der Waals surface area contributed by atoms with Gasteiger partial charge < -0.3 is 18.8 Å². The fourth-order valence-electron chi connectivity index (χ4n) is 12.0. The molecule has 0 aliphatic heterocycles. The molecule has 4 N–H and O–H groups in total. The summed E-state index contributed by atoms with van der Waals surface area (Å²) in [6, 6.07) is 17.5. The number of Topliss-reactive ketones (excluding diaryl/α,β-unsaturated/α-hetero) is 2. The number of sulfone groups is 1. The van der Waals surface area contributed by atoms with Crippen LogP contribution in [0.5, 0.6) is 0 Å². The molecule has 3 radical (unpaired) electrons. The average molecular weight is 1830 g/mol. The van der Waals surface area contributed by atoms with Gasteiger partial charge >= 0.3 is 65.1 Å². The number of aromatic nitrogens is 6. The summed E-state index contributed by atoms with van der Waals surface area (Å²) in [5, 5.41) is 21.6. The summed E-state index contributed by atoms with van der Waals surface area (Å²) in [4.78, 5) is 60.2. The fourth-order valence-corrected chi connectivity index (χ4v) is 14.3. The number of halogens is 9. The largest absolute Gasteiger partial charge is 1.00 e. The first-order chi connectivity index (χ1) is 53.8. The number of alkyl halides is 4. The molecule has 31 heteroatoms. The molecule has 0 bridgehead atoms. The molecular formula is C86H126BCl7F2N7Na2O10S2. The minimum absolute atomic E-state index is 0. The molecular weight excluding hydrogens is 1700 g/mol. The van der Waals surface area contributed by atoms with Crippen LogP contribution in [0.25, 0.3) is 0 Å². The van der Waals surface area contributed by atoms with E-state index in [-0.39, 0.29) is 111 Å². The average Bonchev–Trinajstić information content (AvgIpc) is 1.60. The molecule has 6 heterocycles. The van der Waals surface area contributed by atoms with Crippen molar-refractivity contribution < 1.29 is 119 Å². The Kier molecular flexibility index (Phi) is 58.8. The molecule has 6 aromatic heterocycles. The van der Waals surface area contributed by atoms with E-state index in [1.807, 2.05) is 0 Å². The van der Waals surface area contributed by atoms with Crippen LogP contribution in [0, 0.1) is 35.5 Å². The van der Waals surface area contributed by atoms with E-state index in [9.17, 15) is 45.1 Å². The molecule has 9 rings (SSSR count). The Bertz CT molecular complexity index is 4340. The predicted octanol–water partition coefficient (Wildman–Crippen LogP) is 18.9. The molecule has 0 spiro atoms. The Morgan fingerprint density at radius 2 is 0.855 bits per heavy atom. The van der Waals surface area contributed by atoms with Crippen LogP contribution in [-0.2, 0) is 30.7 Å². The minimum Gasteiger partial charge on any atom is -1.00 e. The number of nitrogens with two attached hydrogens (primary N) is 1. The first-order valence-corrected chi connectivity index (χ1v) is 44.2. The number of carbonyl (C=O) groups excluding carboxylic acids is 2. The van der Waals surface area contributed by atoms with Crippen molar-refractivity contribution >= 4 is 127 Å². The molecule has 0 saturated carbocycles. The van der Waals surface area contributed by atoms with Gasteiger partial charge in [0, 0.05) is 133 Å². The molecule has 7 aromatic rings. The third-order valence-corrected chi connectivity index (χ3v) is 23.3. The predicted molar refractivity (Wildman–Crippen MR) is 477 cm³/mol. The second-order valence-electron chi connectivity index (χ2n) is 30.2. The number of carboxylic acid groups (broad SMARTS) is 1. The molecule has 1 aromatic carbocycles. The summed E-state index contributed by atoms with van der Waals surface area (Å²) in [7, 11) is -8.58. The maximum absolute atomic E-state index is 11.4. The van der Waals surface area contributed by atoms with E-state index in [2.05, 4.69) is 161 Å². The van der Waals surface area contributed by atoms with Gasteiger partial charge in [-0.2, -0.15) is 8.42 Å². The topological polar surface area (TPSA) is 273 Å². The number of carbonyl (C=O) groups is 3. The Balaban J connectivity index is -0.000000312.